The minimum atomic E-state index is -4.35. The summed E-state index contributed by atoms with van der Waals surface area (Å²) in [4.78, 5) is 17.5. The van der Waals surface area contributed by atoms with E-state index in [-0.39, 0.29) is 12.5 Å². The van der Waals surface area contributed by atoms with E-state index in [1.54, 1.807) is 11.8 Å². The van der Waals surface area contributed by atoms with Crippen LogP contribution in [0.5, 0.6) is 5.75 Å². The van der Waals surface area contributed by atoms with Gasteiger partial charge in [0.2, 0.25) is 0 Å². The van der Waals surface area contributed by atoms with Crippen LogP contribution in [0.25, 0.3) is 10.6 Å². The van der Waals surface area contributed by atoms with Crippen LogP contribution < -0.4 is 4.74 Å². The summed E-state index contributed by atoms with van der Waals surface area (Å²) in [6.07, 6.45) is -4.13. The van der Waals surface area contributed by atoms with Gasteiger partial charge >= 0.3 is 12.1 Å². The number of aromatic nitrogens is 1. The number of fused-ring (bicyclic) bond motifs is 1. The number of benzene rings is 2. The summed E-state index contributed by atoms with van der Waals surface area (Å²) >= 11 is 3.11. The lowest BCUT2D eigenvalue weighted by Crippen LogP contribution is -2.17. The Morgan fingerprint density at radius 3 is 2.68 bits per heavy atom. The second kappa shape index (κ2) is 8.55. The van der Waals surface area contributed by atoms with Gasteiger partial charge in [0.15, 0.2) is 0 Å². The SMILES string of the molecule is Cc1nc(-c2ccc(C(F)(F)F)cc2)sc1CSc1ccc2c(c1)C[C@@H](CC(=O)O)O2. The average Bonchev–Trinajstić information content (AvgIpc) is 3.27. The van der Waals surface area contributed by atoms with E-state index in [4.69, 9.17) is 9.84 Å². The standard InChI is InChI=1S/C22H18F3NO3S2/c1-12-19(31-21(26-12)13-2-4-15(5-3-13)22(23,24)25)11-30-17-6-7-18-14(9-17)8-16(29-18)10-20(27)28/h2-7,9,16H,8,10-11H2,1H3,(H,27,28)/t16-/m0/s1. The van der Waals surface area contributed by atoms with Crippen LogP contribution in [0.4, 0.5) is 13.2 Å². The van der Waals surface area contributed by atoms with Crippen molar-refractivity contribution in [3.8, 4) is 16.3 Å². The first-order chi connectivity index (χ1) is 14.7. The van der Waals surface area contributed by atoms with Crippen LogP contribution >= 0.6 is 23.1 Å². The van der Waals surface area contributed by atoms with E-state index in [0.29, 0.717) is 22.7 Å². The van der Waals surface area contributed by atoms with Crippen molar-refractivity contribution in [1.82, 2.24) is 4.98 Å². The molecule has 0 amide bonds. The van der Waals surface area contributed by atoms with E-state index < -0.39 is 17.7 Å². The monoisotopic (exact) mass is 465 g/mol. The minimum Gasteiger partial charge on any atom is -0.489 e. The Balaban J connectivity index is 1.43. The van der Waals surface area contributed by atoms with Crippen molar-refractivity contribution in [2.24, 2.45) is 0 Å². The van der Waals surface area contributed by atoms with Crippen molar-refractivity contribution in [2.75, 3.05) is 0 Å². The number of carboxylic acids is 1. The molecule has 2 heterocycles. The number of aryl methyl sites for hydroxylation is 1. The van der Waals surface area contributed by atoms with E-state index in [0.717, 1.165) is 38.9 Å². The third-order valence-electron chi connectivity index (χ3n) is 4.90. The highest BCUT2D eigenvalue weighted by Crippen LogP contribution is 2.37. The van der Waals surface area contributed by atoms with E-state index in [9.17, 15) is 18.0 Å². The topological polar surface area (TPSA) is 59.4 Å². The molecule has 0 fully saturated rings. The van der Waals surface area contributed by atoms with Crippen molar-refractivity contribution >= 4 is 29.1 Å². The fraction of sp³-hybridized carbons (Fsp3) is 0.273. The molecule has 1 aromatic heterocycles. The zero-order valence-electron chi connectivity index (χ0n) is 16.4. The van der Waals surface area contributed by atoms with Gasteiger partial charge in [-0.15, -0.1) is 23.1 Å². The normalized spacial score (nSPS) is 15.5. The molecule has 0 spiro atoms. The lowest BCUT2D eigenvalue weighted by Gasteiger charge is -2.06. The molecule has 0 aliphatic carbocycles. The highest BCUT2D eigenvalue weighted by Gasteiger charge is 2.30. The fourth-order valence-electron chi connectivity index (χ4n) is 3.33. The molecule has 0 saturated carbocycles. The van der Waals surface area contributed by atoms with Crippen molar-refractivity contribution in [2.45, 2.75) is 42.7 Å². The summed E-state index contributed by atoms with van der Waals surface area (Å²) in [5.74, 6) is 0.536. The van der Waals surface area contributed by atoms with Crippen LogP contribution in [0.3, 0.4) is 0 Å². The number of carbonyl (C=O) groups is 1. The Morgan fingerprint density at radius 1 is 1.26 bits per heavy atom. The molecule has 0 unspecified atom stereocenters. The van der Waals surface area contributed by atoms with Gasteiger partial charge in [0.25, 0.3) is 0 Å². The van der Waals surface area contributed by atoms with E-state index in [1.165, 1.54) is 23.5 Å². The summed E-state index contributed by atoms with van der Waals surface area (Å²) in [6.45, 7) is 1.90. The summed E-state index contributed by atoms with van der Waals surface area (Å²) in [6, 6.07) is 10.9. The van der Waals surface area contributed by atoms with E-state index in [1.807, 2.05) is 25.1 Å². The van der Waals surface area contributed by atoms with Crippen LogP contribution in [0.15, 0.2) is 47.4 Å². The van der Waals surface area contributed by atoms with Gasteiger partial charge in [-0.3, -0.25) is 4.79 Å². The van der Waals surface area contributed by atoms with Gasteiger partial charge in [0.05, 0.1) is 17.7 Å². The molecule has 1 aliphatic rings. The third-order valence-corrected chi connectivity index (χ3v) is 7.31. The number of ether oxygens (including phenoxy) is 1. The first-order valence-corrected chi connectivity index (χ1v) is 11.3. The molecule has 0 saturated heterocycles. The maximum atomic E-state index is 12.8. The van der Waals surface area contributed by atoms with E-state index >= 15 is 0 Å². The number of hydrogen-bond donors (Lipinski definition) is 1. The molecule has 4 nitrogen and oxygen atoms in total. The molecule has 3 aromatic rings. The predicted octanol–water partition coefficient (Wildman–Crippen LogP) is 6.21. The molecule has 0 bridgehead atoms. The Hall–Kier alpha value is -2.52. The molecule has 1 N–H and O–H groups in total. The maximum Gasteiger partial charge on any atom is 0.416 e. The number of hydrogen-bond acceptors (Lipinski definition) is 5. The van der Waals surface area contributed by atoms with Crippen molar-refractivity contribution in [3.63, 3.8) is 0 Å². The molecule has 0 radical (unpaired) electrons. The first-order valence-electron chi connectivity index (χ1n) is 9.47. The Labute approximate surface area is 185 Å². The van der Waals surface area contributed by atoms with Gasteiger partial charge in [-0.2, -0.15) is 13.2 Å². The zero-order valence-corrected chi connectivity index (χ0v) is 18.0. The summed E-state index contributed by atoms with van der Waals surface area (Å²) in [5, 5.41) is 9.63. The highest BCUT2D eigenvalue weighted by atomic mass is 32.2. The highest BCUT2D eigenvalue weighted by molar-refractivity contribution is 7.98. The van der Waals surface area contributed by atoms with Gasteiger partial charge in [-0.1, -0.05) is 12.1 Å². The number of thioether (sulfide) groups is 1. The van der Waals surface area contributed by atoms with Crippen LogP contribution in [0.2, 0.25) is 0 Å². The van der Waals surface area contributed by atoms with Gasteiger partial charge in [-0.25, -0.2) is 4.98 Å². The van der Waals surface area contributed by atoms with Crippen LogP contribution in [-0.4, -0.2) is 22.2 Å². The summed E-state index contributed by atoms with van der Waals surface area (Å²) in [7, 11) is 0. The minimum absolute atomic E-state index is 0.0239. The smallest absolute Gasteiger partial charge is 0.416 e. The number of alkyl halides is 3. The zero-order chi connectivity index (χ0) is 22.2. The second-order valence-electron chi connectivity index (χ2n) is 7.20. The van der Waals surface area contributed by atoms with E-state index in [2.05, 4.69) is 4.98 Å². The van der Waals surface area contributed by atoms with Crippen LogP contribution in [-0.2, 0) is 23.1 Å². The maximum absolute atomic E-state index is 12.8. The van der Waals surface area contributed by atoms with Gasteiger partial charge in [-0.05, 0) is 42.8 Å². The first kappa shape index (κ1) is 21.7. The van der Waals surface area contributed by atoms with Gasteiger partial charge in [0, 0.05) is 27.5 Å². The second-order valence-corrected chi connectivity index (χ2v) is 9.34. The predicted molar refractivity (Wildman–Crippen MR) is 114 cm³/mol. The summed E-state index contributed by atoms with van der Waals surface area (Å²) < 4.78 is 44.0. The number of aliphatic carboxylic acids is 1. The molecule has 1 aliphatic heterocycles. The van der Waals surface area contributed by atoms with Gasteiger partial charge < -0.3 is 9.84 Å². The van der Waals surface area contributed by atoms with Crippen molar-refractivity contribution in [1.29, 1.82) is 0 Å². The molecule has 2 aromatic carbocycles. The fourth-order valence-corrected chi connectivity index (χ4v) is 5.50. The number of halogens is 3. The number of thiazole rings is 1. The van der Waals surface area contributed by atoms with Crippen molar-refractivity contribution in [3.05, 3.63) is 64.2 Å². The third kappa shape index (κ3) is 5.04. The lowest BCUT2D eigenvalue weighted by molar-refractivity contribution is -0.139. The Bertz CT molecular complexity index is 1110. The number of carboxylic acid groups (broad SMARTS) is 1. The Morgan fingerprint density at radius 2 is 2.00 bits per heavy atom. The lowest BCUT2D eigenvalue weighted by atomic mass is 10.1. The number of rotatable bonds is 6. The summed E-state index contributed by atoms with van der Waals surface area (Å²) in [5.41, 5.74) is 1.85. The molecular formula is C22H18F3NO3S2. The molecule has 4 rings (SSSR count). The van der Waals surface area contributed by atoms with Crippen LogP contribution in [0, 0.1) is 6.92 Å². The average molecular weight is 466 g/mol. The largest absolute Gasteiger partial charge is 0.489 e. The molecule has 162 valence electrons. The van der Waals surface area contributed by atoms with Crippen molar-refractivity contribution < 1.29 is 27.8 Å². The molecule has 9 heteroatoms. The molecule has 1 atom stereocenters. The number of nitrogens with zero attached hydrogens (tertiary/aromatic N) is 1. The van der Waals surface area contributed by atoms with Gasteiger partial charge in [0.1, 0.15) is 16.9 Å². The molecule has 31 heavy (non-hydrogen) atoms. The van der Waals surface area contributed by atoms with Crippen LogP contribution in [0.1, 0.15) is 28.1 Å². The Kier molecular flexibility index (Phi) is 5.98. The molecular weight excluding hydrogens is 447 g/mol. The quantitative estimate of drug-likeness (QED) is 0.439.